The summed E-state index contributed by atoms with van der Waals surface area (Å²) < 4.78 is 0. The molecule has 0 aromatic carbocycles. The molecule has 0 aliphatic carbocycles. The fourth-order valence-corrected chi connectivity index (χ4v) is 3.49. The van der Waals surface area contributed by atoms with Gasteiger partial charge in [0, 0.05) is 14.7 Å². The Kier molecular flexibility index (Phi) is 11.4. The lowest BCUT2D eigenvalue weighted by Gasteiger charge is -2.14. The molecule has 2 heteroatoms. The van der Waals surface area contributed by atoms with Crippen LogP contribution in [0.25, 0.3) is 0 Å². The van der Waals surface area contributed by atoms with Crippen molar-refractivity contribution in [2.45, 2.75) is 89.9 Å². The van der Waals surface area contributed by atoms with Crippen molar-refractivity contribution in [2.24, 2.45) is 0 Å². The summed E-state index contributed by atoms with van der Waals surface area (Å²) >= 11 is 0. The third kappa shape index (κ3) is 16.2. The molecular weight excluding hydrogens is 224 g/mol. The maximum absolute atomic E-state index is 8.65. The van der Waals surface area contributed by atoms with Gasteiger partial charge in [-0.1, -0.05) is 83.5 Å². The van der Waals surface area contributed by atoms with Gasteiger partial charge in [-0.3, -0.25) is 0 Å². The Bertz CT molecular complexity index is 151. The highest BCUT2D eigenvalue weighted by Crippen LogP contribution is 2.16. The van der Waals surface area contributed by atoms with Gasteiger partial charge in [0.2, 0.25) is 0 Å². The van der Waals surface area contributed by atoms with Crippen molar-refractivity contribution >= 4 is 8.07 Å². The minimum atomic E-state index is -0.772. The molecule has 104 valence electrons. The highest BCUT2D eigenvalue weighted by molar-refractivity contribution is 6.76. The fraction of sp³-hybridized carbons (Fsp3) is 1.00. The second kappa shape index (κ2) is 11.3. The van der Waals surface area contributed by atoms with Crippen LogP contribution in [0.4, 0.5) is 0 Å². The highest BCUT2D eigenvalue weighted by atomic mass is 28.3. The Hall–Kier alpha value is 0.177. The molecule has 0 bridgehead atoms. The molecular formula is C15H34OSi. The quantitative estimate of drug-likeness (QED) is 0.376. The second-order valence-electron chi connectivity index (χ2n) is 6.57. The molecule has 0 amide bonds. The van der Waals surface area contributed by atoms with Crippen molar-refractivity contribution in [2.75, 3.05) is 6.61 Å². The molecule has 0 aromatic rings. The molecule has 0 fully saturated rings. The molecule has 1 N–H and O–H groups in total. The summed E-state index contributed by atoms with van der Waals surface area (Å²) in [5.41, 5.74) is 0. The fourth-order valence-electron chi connectivity index (χ4n) is 2.18. The van der Waals surface area contributed by atoms with Gasteiger partial charge < -0.3 is 5.11 Å². The van der Waals surface area contributed by atoms with Crippen LogP contribution in [0, 0.1) is 0 Å². The molecule has 0 unspecified atom stereocenters. The number of hydrogen-bond donors (Lipinski definition) is 1. The Labute approximate surface area is 110 Å². The number of aliphatic hydroxyl groups is 1. The predicted molar refractivity (Wildman–Crippen MR) is 81.4 cm³/mol. The van der Waals surface area contributed by atoms with Gasteiger partial charge in [0.05, 0.1) is 0 Å². The minimum absolute atomic E-state index is 0.372. The van der Waals surface area contributed by atoms with Crippen LogP contribution in [0.1, 0.15) is 64.2 Å². The molecule has 0 saturated heterocycles. The molecule has 0 aromatic heterocycles. The molecule has 17 heavy (non-hydrogen) atoms. The zero-order chi connectivity index (χ0) is 13.0. The largest absolute Gasteiger partial charge is 0.396 e. The van der Waals surface area contributed by atoms with Gasteiger partial charge in [0.25, 0.3) is 0 Å². The van der Waals surface area contributed by atoms with Gasteiger partial charge in [-0.15, -0.1) is 0 Å². The molecule has 0 saturated carbocycles. The lowest BCUT2D eigenvalue weighted by molar-refractivity contribution is 0.282. The normalized spacial score (nSPS) is 12.0. The smallest absolute Gasteiger partial charge is 0.0442 e. The lowest BCUT2D eigenvalue weighted by atomic mass is 10.1. The van der Waals surface area contributed by atoms with E-state index >= 15 is 0 Å². The number of aliphatic hydroxyl groups excluding tert-OH is 1. The summed E-state index contributed by atoms with van der Waals surface area (Å²) in [6.07, 6.45) is 13.5. The van der Waals surface area contributed by atoms with E-state index in [-0.39, 0.29) is 0 Å². The van der Waals surface area contributed by atoms with E-state index in [1.54, 1.807) is 0 Å². The Morgan fingerprint density at radius 2 is 0.941 bits per heavy atom. The van der Waals surface area contributed by atoms with Gasteiger partial charge in [0.1, 0.15) is 0 Å². The zero-order valence-corrected chi connectivity index (χ0v) is 13.4. The van der Waals surface area contributed by atoms with Crippen LogP contribution in [0.3, 0.4) is 0 Å². The molecule has 0 aliphatic heterocycles. The van der Waals surface area contributed by atoms with Gasteiger partial charge >= 0.3 is 0 Å². The van der Waals surface area contributed by atoms with Crippen LogP contribution >= 0.6 is 0 Å². The van der Waals surface area contributed by atoms with E-state index < -0.39 is 8.07 Å². The van der Waals surface area contributed by atoms with Crippen LogP contribution in [-0.4, -0.2) is 19.8 Å². The van der Waals surface area contributed by atoms with Crippen LogP contribution in [-0.2, 0) is 0 Å². The molecule has 0 radical (unpaired) electrons. The molecule has 1 nitrogen and oxygen atoms in total. The third-order valence-electron chi connectivity index (χ3n) is 3.33. The second-order valence-corrected chi connectivity index (χ2v) is 12.2. The summed E-state index contributed by atoms with van der Waals surface area (Å²) in [7, 11) is -0.772. The first kappa shape index (κ1) is 17.2. The SMILES string of the molecule is C[Si](C)(C)CCCCCCCCCCCCO. The average Bonchev–Trinajstić information content (AvgIpc) is 2.24. The van der Waals surface area contributed by atoms with Crippen molar-refractivity contribution in [1.82, 2.24) is 0 Å². The van der Waals surface area contributed by atoms with E-state index in [4.69, 9.17) is 5.11 Å². The lowest BCUT2D eigenvalue weighted by Crippen LogP contribution is -2.18. The van der Waals surface area contributed by atoms with E-state index in [0.29, 0.717) is 6.61 Å². The van der Waals surface area contributed by atoms with Crippen molar-refractivity contribution in [3.05, 3.63) is 0 Å². The van der Waals surface area contributed by atoms with Crippen molar-refractivity contribution in [1.29, 1.82) is 0 Å². The van der Waals surface area contributed by atoms with Crippen LogP contribution in [0.2, 0.25) is 25.7 Å². The van der Waals surface area contributed by atoms with Crippen molar-refractivity contribution < 1.29 is 5.11 Å². The zero-order valence-electron chi connectivity index (χ0n) is 12.4. The van der Waals surface area contributed by atoms with E-state index in [9.17, 15) is 0 Å². The molecule has 0 atom stereocenters. The molecule has 0 rings (SSSR count). The number of hydrogen-bond acceptors (Lipinski definition) is 1. The first-order valence-corrected chi connectivity index (χ1v) is 11.4. The maximum Gasteiger partial charge on any atom is 0.0442 e. The highest BCUT2D eigenvalue weighted by Gasteiger charge is 2.11. The molecule has 0 aliphatic rings. The van der Waals surface area contributed by atoms with E-state index in [0.717, 1.165) is 6.42 Å². The Morgan fingerprint density at radius 1 is 0.588 bits per heavy atom. The topological polar surface area (TPSA) is 20.2 Å². The van der Waals surface area contributed by atoms with E-state index in [1.807, 2.05) is 0 Å². The van der Waals surface area contributed by atoms with Gasteiger partial charge in [-0.05, 0) is 6.42 Å². The third-order valence-corrected chi connectivity index (χ3v) is 5.19. The van der Waals surface area contributed by atoms with Gasteiger partial charge in [-0.2, -0.15) is 0 Å². The summed E-state index contributed by atoms with van der Waals surface area (Å²) in [6.45, 7) is 7.79. The summed E-state index contributed by atoms with van der Waals surface area (Å²) in [6, 6.07) is 1.51. The summed E-state index contributed by atoms with van der Waals surface area (Å²) in [4.78, 5) is 0. The van der Waals surface area contributed by atoms with Crippen LogP contribution in [0.5, 0.6) is 0 Å². The Balaban J connectivity index is 2.99. The average molecular weight is 259 g/mol. The van der Waals surface area contributed by atoms with Crippen molar-refractivity contribution in [3.8, 4) is 0 Å². The van der Waals surface area contributed by atoms with E-state index in [2.05, 4.69) is 19.6 Å². The number of unbranched alkanes of at least 4 members (excludes halogenated alkanes) is 9. The Morgan fingerprint density at radius 3 is 1.29 bits per heavy atom. The monoisotopic (exact) mass is 258 g/mol. The predicted octanol–water partition coefficient (Wildman–Crippen LogP) is 5.22. The van der Waals surface area contributed by atoms with Gasteiger partial charge in [0.15, 0.2) is 0 Å². The summed E-state index contributed by atoms with van der Waals surface area (Å²) in [5, 5.41) is 8.65. The number of rotatable bonds is 12. The van der Waals surface area contributed by atoms with E-state index in [1.165, 1.54) is 63.8 Å². The maximum atomic E-state index is 8.65. The van der Waals surface area contributed by atoms with Crippen LogP contribution in [0.15, 0.2) is 0 Å². The molecule has 0 spiro atoms. The summed E-state index contributed by atoms with van der Waals surface area (Å²) in [5.74, 6) is 0. The standard InChI is InChI=1S/C15H34OSi/c1-17(2,3)15-13-11-9-7-5-4-6-8-10-12-14-16/h16H,4-15H2,1-3H3. The van der Waals surface area contributed by atoms with Gasteiger partial charge in [-0.25, -0.2) is 0 Å². The first-order chi connectivity index (χ1) is 8.06. The first-order valence-electron chi connectivity index (χ1n) is 7.67. The molecule has 0 heterocycles. The minimum Gasteiger partial charge on any atom is -0.396 e. The van der Waals surface area contributed by atoms with Crippen LogP contribution < -0.4 is 0 Å². The van der Waals surface area contributed by atoms with Crippen molar-refractivity contribution in [3.63, 3.8) is 0 Å².